The molecule has 1 aromatic heterocycles. The Morgan fingerprint density at radius 1 is 0.931 bits per heavy atom. The standard InChI is InChI=1S/C22H22N2O5/c1-27-12-13-29-19-9-7-16(8-10-19)22(26)24-18-5-2-4-17(14-18)21(25)23-15-20-6-3-11-28-20/h2-11,14H,12-13,15H2,1H3,(H,23,25)(H,24,26). The number of hydrogen-bond donors (Lipinski definition) is 2. The topological polar surface area (TPSA) is 89.8 Å². The lowest BCUT2D eigenvalue weighted by atomic mass is 10.1. The summed E-state index contributed by atoms with van der Waals surface area (Å²) in [7, 11) is 1.61. The van der Waals surface area contributed by atoms with Crippen LogP contribution in [0.5, 0.6) is 5.75 Å². The summed E-state index contributed by atoms with van der Waals surface area (Å²) in [4.78, 5) is 24.8. The van der Waals surface area contributed by atoms with E-state index in [2.05, 4.69) is 10.6 Å². The molecule has 0 aliphatic rings. The van der Waals surface area contributed by atoms with E-state index < -0.39 is 0 Å². The molecule has 7 nitrogen and oxygen atoms in total. The smallest absolute Gasteiger partial charge is 0.255 e. The van der Waals surface area contributed by atoms with Crippen molar-refractivity contribution in [1.82, 2.24) is 5.32 Å². The molecule has 0 radical (unpaired) electrons. The molecule has 0 spiro atoms. The van der Waals surface area contributed by atoms with E-state index in [-0.39, 0.29) is 11.8 Å². The van der Waals surface area contributed by atoms with Gasteiger partial charge in [0.05, 0.1) is 19.4 Å². The maximum absolute atomic E-state index is 12.5. The molecule has 0 saturated carbocycles. The van der Waals surface area contributed by atoms with Crippen molar-refractivity contribution in [3.05, 3.63) is 83.8 Å². The van der Waals surface area contributed by atoms with Crippen molar-refractivity contribution in [3.8, 4) is 5.75 Å². The van der Waals surface area contributed by atoms with Crippen LogP contribution in [-0.4, -0.2) is 32.1 Å². The lowest BCUT2D eigenvalue weighted by Crippen LogP contribution is -2.22. The second-order valence-electron chi connectivity index (χ2n) is 6.16. The van der Waals surface area contributed by atoms with E-state index in [0.717, 1.165) is 0 Å². The number of anilines is 1. The molecule has 2 aromatic carbocycles. The maximum Gasteiger partial charge on any atom is 0.255 e. The van der Waals surface area contributed by atoms with Crippen molar-refractivity contribution in [2.75, 3.05) is 25.6 Å². The van der Waals surface area contributed by atoms with Crippen LogP contribution >= 0.6 is 0 Å². The zero-order valence-electron chi connectivity index (χ0n) is 16.0. The maximum atomic E-state index is 12.5. The highest BCUT2D eigenvalue weighted by Crippen LogP contribution is 2.16. The van der Waals surface area contributed by atoms with E-state index in [1.54, 1.807) is 74.0 Å². The highest BCUT2D eigenvalue weighted by atomic mass is 16.5. The molecule has 0 saturated heterocycles. The van der Waals surface area contributed by atoms with Gasteiger partial charge in [0.1, 0.15) is 18.1 Å². The van der Waals surface area contributed by atoms with Gasteiger partial charge in [0, 0.05) is 23.9 Å². The minimum Gasteiger partial charge on any atom is -0.491 e. The highest BCUT2D eigenvalue weighted by Gasteiger charge is 2.10. The largest absolute Gasteiger partial charge is 0.491 e. The molecule has 29 heavy (non-hydrogen) atoms. The molecule has 0 aliphatic heterocycles. The van der Waals surface area contributed by atoms with Crippen LogP contribution in [0.4, 0.5) is 5.69 Å². The third kappa shape index (κ3) is 5.95. The number of ether oxygens (including phenoxy) is 2. The van der Waals surface area contributed by atoms with Crippen molar-refractivity contribution in [2.24, 2.45) is 0 Å². The van der Waals surface area contributed by atoms with Crippen LogP contribution in [-0.2, 0) is 11.3 Å². The van der Waals surface area contributed by atoms with Crippen molar-refractivity contribution < 1.29 is 23.5 Å². The van der Waals surface area contributed by atoms with Crippen LogP contribution in [0.25, 0.3) is 0 Å². The van der Waals surface area contributed by atoms with Crippen LogP contribution in [0.1, 0.15) is 26.5 Å². The SMILES string of the molecule is COCCOc1ccc(C(=O)Nc2cccc(C(=O)NCc3ccco3)c2)cc1. The first-order valence-corrected chi connectivity index (χ1v) is 9.09. The molecule has 0 aliphatic carbocycles. The molecule has 0 bridgehead atoms. The fourth-order valence-electron chi connectivity index (χ4n) is 2.57. The number of hydrogen-bond acceptors (Lipinski definition) is 5. The zero-order chi connectivity index (χ0) is 20.5. The number of carbonyl (C=O) groups excluding carboxylic acids is 2. The second kappa shape index (κ2) is 10.1. The van der Waals surface area contributed by atoms with E-state index in [0.29, 0.717) is 48.1 Å². The van der Waals surface area contributed by atoms with Crippen LogP contribution in [0.2, 0.25) is 0 Å². The van der Waals surface area contributed by atoms with E-state index in [1.807, 2.05) is 0 Å². The van der Waals surface area contributed by atoms with E-state index in [1.165, 1.54) is 0 Å². The first-order chi connectivity index (χ1) is 14.2. The lowest BCUT2D eigenvalue weighted by Gasteiger charge is -2.09. The molecular weight excluding hydrogens is 372 g/mol. The molecule has 2 N–H and O–H groups in total. The van der Waals surface area contributed by atoms with Gasteiger partial charge in [-0.1, -0.05) is 6.07 Å². The van der Waals surface area contributed by atoms with Gasteiger partial charge in [0.2, 0.25) is 0 Å². The van der Waals surface area contributed by atoms with Gasteiger partial charge >= 0.3 is 0 Å². The van der Waals surface area contributed by atoms with Crippen molar-refractivity contribution in [2.45, 2.75) is 6.54 Å². The number of furan rings is 1. The van der Waals surface area contributed by atoms with E-state index in [4.69, 9.17) is 13.9 Å². The molecular formula is C22H22N2O5. The fraction of sp³-hybridized carbons (Fsp3) is 0.182. The number of carbonyl (C=O) groups is 2. The van der Waals surface area contributed by atoms with Crippen LogP contribution in [0.15, 0.2) is 71.3 Å². The summed E-state index contributed by atoms with van der Waals surface area (Å²) < 4.78 is 15.6. The Morgan fingerprint density at radius 2 is 1.76 bits per heavy atom. The molecule has 3 aromatic rings. The fourth-order valence-corrected chi connectivity index (χ4v) is 2.57. The molecule has 0 atom stereocenters. The second-order valence-corrected chi connectivity index (χ2v) is 6.16. The average molecular weight is 394 g/mol. The Labute approximate surface area is 168 Å². The van der Waals surface area contributed by atoms with Gasteiger partial charge in [-0.15, -0.1) is 0 Å². The molecule has 150 valence electrons. The van der Waals surface area contributed by atoms with Crippen molar-refractivity contribution in [3.63, 3.8) is 0 Å². The summed E-state index contributed by atoms with van der Waals surface area (Å²) in [6.45, 7) is 1.23. The van der Waals surface area contributed by atoms with Gasteiger partial charge in [-0.05, 0) is 54.6 Å². The minimum atomic E-state index is -0.276. The molecule has 0 fully saturated rings. The lowest BCUT2D eigenvalue weighted by molar-refractivity contribution is 0.0946. The number of benzene rings is 2. The Balaban J connectivity index is 1.57. The molecule has 3 rings (SSSR count). The summed E-state index contributed by atoms with van der Waals surface area (Å²) in [6, 6.07) is 17.1. The normalized spacial score (nSPS) is 10.4. The van der Waals surface area contributed by atoms with Crippen LogP contribution in [0, 0.1) is 0 Å². The third-order valence-electron chi connectivity index (χ3n) is 4.06. The Kier molecular flexibility index (Phi) is 7.02. The predicted octanol–water partition coefficient (Wildman–Crippen LogP) is 3.49. The van der Waals surface area contributed by atoms with Gasteiger partial charge in [-0.3, -0.25) is 9.59 Å². The quantitative estimate of drug-likeness (QED) is 0.542. The first kappa shape index (κ1) is 20.2. The Morgan fingerprint density at radius 3 is 2.48 bits per heavy atom. The summed E-state index contributed by atoms with van der Waals surface area (Å²) in [6.07, 6.45) is 1.55. The Hall–Kier alpha value is -3.58. The molecule has 7 heteroatoms. The number of amides is 2. The van der Waals surface area contributed by atoms with Crippen LogP contribution < -0.4 is 15.4 Å². The summed E-state index contributed by atoms with van der Waals surface area (Å²) in [5.74, 6) is 0.794. The molecule has 0 unspecified atom stereocenters. The number of rotatable bonds is 9. The van der Waals surface area contributed by atoms with Crippen LogP contribution in [0.3, 0.4) is 0 Å². The monoisotopic (exact) mass is 394 g/mol. The molecule has 1 heterocycles. The van der Waals surface area contributed by atoms with Gasteiger partial charge < -0.3 is 24.5 Å². The van der Waals surface area contributed by atoms with Gasteiger partial charge in [0.15, 0.2) is 0 Å². The summed E-state index contributed by atoms with van der Waals surface area (Å²) >= 11 is 0. The van der Waals surface area contributed by atoms with Gasteiger partial charge in [0.25, 0.3) is 11.8 Å². The Bertz CT molecular complexity index is 936. The molecule has 2 amide bonds. The minimum absolute atomic E-state index is 0.255. The highest BCUT2D eigenvalue weighted by molar-refractivity contribution is 6.05. The van der Waals surface area contributed by atoms with Crippen molar-refractivity contribution in [1.29, 1.82) is 0 Å². The summed E-state index contributed by atoms with van der Waals surface area (Å²) in [5.41, 5.74) is 1.45. The number of nitrogens with one attached hydrogen (secondary N) is 2. The number of methoxy groups -OCH3 is 1. The average Bonchev–Trinajstić information content (AvgIpc) is 3.26. The van der Waals surface area contributed by atoms with Crippen molar-refractivity contribution >= 4 is 17.5 Å². The zero-order valence-corrected chi connectivity index (χ0v) is 16.0. The van der Waals surface area contributed by atoms with E-state index in [9.17, 15) is 9.59 Å². The third-order valence-corrected chi connectivity index (χ3v) is 4.06. The van der Waals surface area contributed by atoms with Gasteiger partial charge in [-0.25, -0.2) is 0 Å². The summed E-state index contributed by atoms with van der Waals surface area (Å²) in [5, 5.41) is 5.57. The first-order valence-electron chi connectivity index (χ1n) is 9.09. The predicted molar refractivity (Wildman–Crippen MR) is 108 cm³/mol. The van der Waals surface area contributed by atoms with Gasteiger partial charge in [-0.2, -0.15) is 0 Å². The van der Waals surface area contributed by atoms with E-state index >= 15 is 0 Å².